The molecule has 0 aliphatic carbocycles. The molecular formula is C25H22ClN3O3S. The van der Waals surface area contributed by atoms with Gasteiger partial charge in [0.2, 0.25) is 11.8 Å². The second-order valence-electron chi connectivity index (χ2n) is 7.36. The van der Waals surface area contributed by atoms with Gasteiger partial charge in [-0.3, -0.25) is 14.5 Å². The Hall–Kier alpha value is -3.29. The van der Waals surface area contributed by atoms with Crippen molar-refractivity contribution in [2.45, 2.75) is 18.2 Å². The number of hydrogen-bond acceptors (Lipinski definition) is 5. The quantitative estimate of drug-likeness (QED) is 0.506. The minimum atomic E-state index is -0.600. The van der Waals surface area contributed by atoms with Crippen LogP contribution >= 0.6 is 23.4 Å². The first-order chi connectivity index (χ1) is 16.0. The molecule has 0 spiro atoms. The lowest BCUT2D eigenvalue weighted by Crippen LogP contribution is -2.44. The van der Waals surface area contributed by atoms with Crippen molar-refractivity contribution in [1.29, 1.82) is 0 Å². The molecular weight excluding hydrogens is 458 g/mol. The lowest BCUT2D eigenvalue weighted by atomic mass is 10.2. The van der Waals surface area contributed by atoms with Crippen molar-refractivity contribution < 1.29 is 14.3 Å². The van der Waals surface area contributed by atoms with E-state index in [9.17, 15) is 9.59 Å². The molecule has 0 aromatic heterocycles. The first-order valence-corrected chi connectivity index (χ1v) is 11.6. The van der Waals surface area contributed by atoms with Gasteiger partial charge < -0.3 is 10.1 Å². The highest BCUT2D eigenvalue weighted by molar-refractivity contribution is 8.15. The van der Waals surface area contributed by atoms with Crippen LogP contribution in [0.15, 0.2) is 83.9 Å². The summed E-state index contributed by atoms with van der Waals surface area (Å²) >= 11 is 7.21. The van der Waals surface area contributed by atoms with Gasteiger partial charge >= 0.3 is 0 Å². The van der Waals surface area contributed by atoms with Gasteiger partial charge in [-0.15, -0.1) is 0 Å². The normalized spacial score (nSPS) is 17.2. The smallest absolute Gasteiger partial charge is 0.238 e. The number of thioether (sulfide) groups is 1. The van der Waals surface area contributed by atoms with Gasteiger partial charge in [-0.1, -0.05) is 53.7 Å². The van der Waals surface area contributed by atoms with Crippen molar-refractivity contribution in [1.82, 2.24) is 4.90 Å². The number of amidine groups is 1. The van der Waals surface area contributed by atoms with Gasteiger partial charge in [-0.2, -0.15) is 0 Å². The van der Waals surface area contributed by atoms with E-state index in [-0.39, 0.29) is 18.2 Å². The number of benzene rings is 3. The molecule has 0 bridgehead atoms. The average Bonchev–Trinajstić information content (AvgIpc) is 2.83. The molecule has 6 nitrogen and oxygen atoms in total. The number of nitrogens with one attached hydrogen (secondary N) is 1. The third-order valence-electron chi connectivity index (χ3n) is 5.02. The third kappa shape index (κ3) is 5.94. The summed E-state index contributed by atoms with van der Waals surface area (Å²) in [6.07, 6.45) is 0.0819. The summed E-state index contributed by atoms with van der Waals surface area (Å²) in [5.74, 6) is 0.311. The van der Waals surface area contributed by atoms with Crippen molar-refractivity contribution in [3.8, 4) is 5.75 Å². The number of aliphatic imine (C=N–C) groups is 1. The van der Waals surface area contributed by atoms with Crippen molar-refractivity contribution in [3.63, 3.8) is 0 Å². The van der Waals surface area contributed by atoms with Crippen LogP contribution < -0.4 is 10.1 Å². The zero-order chi connectivity index (χ0) is 23.2. The molecule has 3 aromatic carbocycles. The largest absolute Gasteiger partial charge is 0.497 e. The summed E-state index contributed by atoms with van der Waals surface area (Å²) in [6.45, 7) is 0.382. The van der Waals surface area contributed by atoms with Crippen molar-refractivity contribution in [3.05, 3.63) is 89.4 Å². The maximum Gasteiger partial charge on any atom is 0.238 e. The summed E-state index contributed by atoms with van der Waals surface area (Å²) < 4.78 is 5.21. The van der Waals surface area contributed by atoms with Gasteiger partial charge in [0.05, 0.1) is 19.3 Å². The number of halogens is 1. The number of nitrogens with zero attached hydrogens (tertiary/aromatic N) is 2. The number of methoxy groups -OCH3 is 1. The number of anilines is 1. The molecule has 1 N–H and O–H groups in total. The van der Waals surface area contributed by atoms with Gasteiger partial charge in [-0.05, 0) is 54.1 Å². The van der Waals surface area contributed by atoms with Gasteiger partial charge in [0, 0.05) is 17.1 Å². The Balaban J connectivity index is 1.59. The Labute approximate surface area is 201 Å². The van der Waals surface area contributed by atoms with Crippen molar-refractivity contribution in [2.75, 3.05) is 12.4 Å². The minimum Gasteiger partial charge on any atom is -0.497 e. The standard InChI is InChI=1S/C25H22ClN3O3S/c1-32-21-13-11-20(12-14-21)28-25-29(16-17-5-3-2-4-6-17)23(30)15-22(33-25)24(31)27-19-9-7-18(26)8-10-19/h2-14,22H,15-16H2,1H3,(H,27,31)/t22-/m1/s1. The molecule has 0 unspecified atom stereocenters. The summed E-state index contributed by atoms with van der Waals surface area (Å²) in [5.41, 5.74) is 2.28. The van der Waals surface area contributed by atoms with Gasteiger partial charge in [0.15, 0.2) is 5.17 Å². The fraction of sp³-hybridized carbons (Fsp3) is 0.160. The van der Waals surface area contributed by atoms with Gasteiger partial charge in [-0.25, -0.2) is 4.99 Å². The van der Waals surface area contributed by atoms with Crippen LogP contribution in [-0.4, -0.2) is 34.2 Å². The van der Waals surface area contributed by atoms with E-state index >= 15 is 0 Å². The lowest BCUT2D eigenvalue weighted by molar-refractivity contribution is -0.129. The first kappa shape index (κ1) is 22.9. The Bertz CT molecular complexity index is 1150. The van der Waals surface area contributed by atoms with E-state index in [2.05, 4.69) is 5.32 Å². The second kappa shape index (κ2) is 10.6. The predicted octanol–water partition coefficient (Wildman–Crippen LogP) is 5.51. The van der Waals surface area contributed by atoms with Crippen LogP contribution in [0.2, 0.25) is 5.02 Å². The molecule has 0 radical (unpaired) electrons. The number of amides is 2. The fourth-order valence-electron chi connectivity index (χ4n) is 3.29. The Kier molecular flexibility index (Phi) is 7.32. The van der Waals surface area contributed by atoms with E-state index in [4.69, 9.17) is 21.3 Å². The van der Waals surface area contributed by atoms with Gasteiger partial charge in [0.1, 0.15) is 11.0 Å². The molecule has 2 amide bonds. The molecule has 1 fully saturated rings. The highest BCUT2D eigenvalue weighted by atomic mass is 35.5. The second-order valence-corrected chi connectivity index (χ2v) is 8.97. The number of carbonyl (C=O) groups excluding carboxylic acids is 2. The van der Waals surface area contributed by atoms with Crippen molar-refractivity contribution >= 4 is 51.7 Å². The molecule has 1 atom stereocenters. The van der Waals surface area contributed by atoms with E-state index in [0.717, 1.165) is 5.56 Å². The van der Waals surface area contributed by atoms with Crippen LogP contribution in [0, 0.1) is 0 Å². The predicted molar refractivity (Wildman–Crippen MR) is 133 cm³/mol. The zero-order valence-corrected chi connectivity index (χ0v) is 19.5. The highest BCUT2D eigenvalue weighted by Gasteiger charge is 2.36. The monoisotopic (exact) mass is 479 g/mol. The third-order valence-corrected chi connectivity index (χ3v) is 6.46. The zero-order valence-electron chi connectivity index (χ0n) is 17.9. The summed E-state index contributed by atoms with van der Waals surface area (Å²) in [4.78, 5) is 32.4. The topological polar surface area (TPSA) is 71.0 Å². The Morgan fingerprint density at radius 3 is 2.45 bits per heavy atom. The van der Waals surface area contributed by atoms with Crippen LogP contribution in [0.5, 0.6) is 5.75 Å². The van der Waals surface area contributed by atoms with Crippen LogP contribution in [0.3, 0.4) is 0 Å². The van der Waals surface area contributed by atoms with Crippen LogP contribution in [-0.2, 0) is 16.1 Å². The lowest BCUT2D eigenvalue weighted by Gasteiger charge is -2.32. The summed E-state index contributed by atoms with van der Waals surface area (Å²) in [5, 5.41) is 3.33. The summed E-state index contributed by atoms with van der Waals surface area (Å²) in [6, 6.07) is 23.8. The van der Waals surface area contributed by atoms with Crippen LogP contribution in [0.4, 0.5) is 11.4 Å². The first-order valence-electron chi connectivity index (χ1n) is 10.3. The molecule has 0 saturated carbocycles. The molecule has 33 heavy (non-hydrogen) atoms. The molecule has 8 heteroatoms. The van der Waals surface area contributed by atoms with Crippen molar-refractivity contribution in [2.24, 2.45) is 4.99 Å². The number of ether oxygens (including phenoxy) is 1. The van der Waals surface area contributed by atoms with Crippen LogP contribution in [0.25, 0.3) is 0 Å². The van der Waals surface area contributed by atoms with E-state index in [1.165, 1.54) is 11.8 Å². The fourth-order valence-corrected chi connectivity index (χ4v) is 4.51. The molecule has 168 valence electrons. The van der Waals surface area contributed by atoms with E-state index in [1.54, 1.807) is 48.4 Å². The summed E-state index contributed by atoms with van der Waals surface area (Å²) in [7, 11) is 1.60. The SMILES string of the molecule is COc1ccc(N=C2S[C@@H](C(=O)Nc3ccc(Cl)cc3)CC(=O)N2Cc2ccccc2)cc1. The number of carbonyl (C=O) groups is 2. The molecule has 1 heterocycles. The van der Waals surface area contributed by atoms with Crippen LogP contribution in [0.1, 0.15) is 12.0 Å². The number of rotatable bonds is 6. The molecule has 4 rings (SSSR count). The maximum absolute atomic E-state index is 13.1. The number of hydrogen-bond donors (Lipinski definition) is 1. The molecule has 1 aliphatic rings. The van der Waals surface area contributed by atoms with Gasteiger partial charge in [0.25, 0.3) is 0 Å². The average molecular weight is 480 g/mol. The molecule has 1 aliphatic heterocycles. The van der Waals surface area contributed by atoms with E-state index in [1.807, 2.05) is 42.5 Å². The molecule has 3 aromatic rings. The van der Waals surface area contributed by atoms with E-state index in [0.29, 0.717) is 33.9 Å². The highest BCUT2D eigenvalue weighted by Crippen LogP contribution is 2.31. The Morgan fingerprint density at radius 2 is 1.79 bits per heavy atom. The minimum absolute atomic E-state index is 0.0819. The van der Waals surface area contributed by atoms with E-state index < -0.39 is 5.25 Å². The molecule has 1 saturated heterocycles. The Morgan fingerprint density at radius 1 is 1.09 bits per heavy atom. The maximum atomic E-state index is 13.1.